The smallest absolute Gasteiger partial charge is 0.0525 e. The van der Waals surface area contributed by atoms with Crippen LogP contribution in [0.25, 0.3) is 0 Å². The highest BCUT2D eigenvalue weighted by atomic mass is 14.9. The zero-order chi connectivity index (χ0) is 14.9. The molecule has 0 heterocycles. The van der Waals surface area contributed by atoms with Crippen LogP contribution in [0.2, 0.25) is 0 Å². The molecule has 3 N–H and O–H groups in total. The van der Waals surface area contributed by atoms with E-state index in [0.717, 1.165) is 18.5 Å². The average molecular weight is 282 g/mol. The van der Waals surface area contributed by atoms with Crippen molar-refractivity contribution in [3.63, 3.8) is 0 Å². The first kappa shape index (κ1) is 15.6. The van der Waals surface area contributed by atoms with E-state index >= 15 is 0 Å². The van der Waals surface area contributed by atoms with E-state index in [0.29, 0.717) is 6.54 Å². The Morgan fingerprint density at radius 1 is 1.05 bits per heavy atom. The lowest BCUT2D eigenvalue weighted by molar-refractivity contribution is 0.701. The Morgan fingerprint density at radius 2 is 1.86 bits per heavy atom. The van der Waals surface area contributed by atoms with Gasteiger partial charge in [0.15, 0.2) is 0 Å². The van der Waals surface area contributed by atoms with Crippen LogP contribution in [0.4, 0.5) is 5.69 Å². The molecule has 1 atom stereocenters. The minimum absolute atomic E-state index is 0.277. The zero-order valence-electron chi connectivity index (χ0n) is 12.9. The van der Waals surface area contributed by atoms with Gasteiger partial charge in [-0.1, -0.05) is 55.8 Å². The molecule has 0 amide bonds. The third-order valence-electron chi connectivity index (χ3n) is 3.74. The van der Waals surface area contributed by atoms with Gasteiger partial charge in [-0.2, -0.15) is 0 Å². The fourth-order valence-electron chi connectivity index (χ4n) is 2.57. The Balaban J connectivity index is 2.13. The van der Waals surface area contributed by atoms with E-state index in [1.54, 1.807) is 0 Å². The first-order valence-corrected chi connectivity index (χ1v) is 7.94. The number of rotatable bonds is 8. The Kier molecular flexibility index (Phi) is 6.29. The monoisotopic (exact) mass is 282 g/mol. The van der Waals surface area contributed by atoms with Gasteiger partial charge in [-0.15, -0.1) is 0 Å². The van der Waals surface area contributed by atoms with E-state index in [4.69, 9.17) is 5.73 Å². The third kappa shape index (κ3) is 4.91. The van der Waals surface area contributed by atoms with Gasteiger partial charge in [0.1, 0.15) is 0 Å². The maximum Gasteiger partial charge on any atom is 0.0525 e. The van der Waals surface area contributed by atoms with Crippen LogP contribution < -0.4 is 11.1 Å². The molecule has 2 rings (SSSR count). The molecule has 2 aromatic carbocycles. The Hall–Kier alpha value is -1.80. The Morgan fingerprint density at radius 3 is 2.57 bits per heavy atom. The van der Waals surface area contributed by atoms with Gasteiger partial charge in [0.05, 0.1) is 6.04 Å². The van der Waals surface area contributed by atoms with Gasteiger partial charge >= 0.3 is 0 Å². The van der Waals surface area contributed by atoms with Crippen molar-refractivity contribution in [2.24, 2.45) is 5.73 Å². The molecule has 1 unspecified atom stereocenters. The highest BCUT2D eigenvalue weighted by molar-refractivity contribution is 5.45. The molecule has 0 spiro atoms. The Labute approximate surface area is 128 Å². The fraction of sp³-hybridized carbons (Fsp3) is 0.368. The van der Waals surface area contributed by atoms with Crippen LogP contribution in [0.1, 0.15) is 43.4 Å². The van der Waals surface area contributed by atoms with Crippen molar-refractivity contribution in [1.29, 1.82) is 0 Å². The summed E-state index contributed by atoms with van der Waals surface area (Å²) in [7, 11) is 0. The van der Waals surface area contributed by atoms with Crippen molar-refractivity contribution in [3.8, 4) is 0 Å². The van der Waals surface area contributed by atoms with E-state index in [9.17, 15) is 0 Å². The van der Waals surface area contributed by atoms with Gasteiger partial charge in [0, 0.05) is 5.69 Å². The van der Waals surface area contributed by atoms with E-state index < -0.39 is 0 Å². The lowest BCUT2D eigenvalue weighted by Crippen LogP contribution is -2.15. The second-order valence-electron chi connectivity index (χ2n) is 5.49. The highest BCUT2D eigenvalue weighted by Crippen LogP contribution is 2.23. The van der Waals surface area contributed by atoms with Crippen LogP contribution in [0.15, 0.2) is 54.6 Å². The maximum absolute atomic E-state index is 5.80. The molecule has 0 aliphatic carbocycles. The molecule has 112 valence electrons. The lowest BCUT2D eigenvalue weighted by Gasteiger charge is -2.20. The molecular formula is C19H26N2. The SMILES string of the molecule is CCCCc1cccc(C(CCN)Nc2ccccc2)c1. The van der Waals surface area contributed by atoms with Gasteiger partial charge in [-0.3, -0.25) is 0 Å². The van der Waals surface area contributed by atoms with Gasteiger partial charge in [-0.25, -0.2) is 0 Å². The quantitative estimate of drug-likeness (QED) is 0.746. The number of hydrogen-bond donors (Lipinski definition) is 2. The number of benzene rings is 2. The van der Waals surface area contributed by atoms with Crippen molar-refractivity contribution in [1.82, 2.24) is 0 Å². The molecule has 0 aliphatic heterocycles. The van der Waals surface area contributed by atoms with Crippen molar-refractivity contribution in [3.05, 3.63) is 65.7 Å². The van der Waals surface area contributed by atoms with E-state index in [-0.39, 0.29) is 6.04 Å². The molecule has 2 heteroatoms. The van der Waals surface area contributed by atoms with Crippen LogP contribution in [0.3, 0.4) is 0 Å². The number of anilines is 1. The second kappa shape index (κ2) is 8.48. The normalized spacial score (nSPS) is 12.1. The summed E-state index contributed by atoms with van der Waals surface area (Å²) in [6.07, 6.45) is 4.58. The molecule has 0 aromatic heterocycles. The molecule has 0 radical (unpaired) electrons. The van der Waals surface area contributed by atoms with E-state index in [1.165, 1.54) is 24.0 Å². The van der Waals surface area contributed by atoms with Crippen LogP contribution in [-0.2, 0) is 6.42 Å². The van der Waals surface area contributed by atoms with Crippen LogP contribution in [0, 0.1) is 0 Å². The molecule has 0 saturated carbocycles. The molecule has 0 bridgehead atoms. The number of unbranched alkanes of at least 4 members (excludes halogenated alkanes) is 1. The molecule has 0 saturated heterocycles. The molecular weight excluding hydrogens is 256 g/mol. The largest absolute Gasteiger partial charge is 0.378 e. The molecule has 0 fully saturated rings. The number of para-hydroxylation sites is 1. The van der Waals surface area contributed by atoms with E-state index in [1.807, 2.05) is 6.07 Å². The summed E-state index contributed by atoms with van der Waals surface area (Å²) in [6.45, 7) is 2.92. The van der Waals surface area contributed by atoms with Gasteiger partial charge in [0.2, 0.25) is 0 Å². The molecule has 2 nitrogen and oxygen atoms in total. The van der Waals surface area contributed by atoms with Gasteiger partial charge < -0.3 is 11.1 Å². The van der Waals surface area contributed by atoms with Crippen LogP contribution >= 0.6 is 0 Å². The number of aryl methyl sites for hydroxylation is 1. The zero-order valence-corrected chi connectivity index (χ0v) is 12.9. The molecule has 0 aliphatic rings. The summed E-state index contributed by atoms with van der Waals surface area (Å²) in [5, 5.41) is 3.60. The summed E-state index contributed by atoms with van der Waals surface area (Å²) < 4.78 is 0. The van der Waals surface area contributed by atoms with Crippen molar-refractivity contribution in [2.75, 3.05) is 11.9 Å². The van der Waals surface area contributed by atoms with Crippen molar-refractivity contribution >= 4 is 5.69 Å². The summed E-state index contributed by atoms with van der Waals surface area (Å²) in [5.41, 5.74) is 9.70. The van der Waals surface area contributed by atoms with Crippen molar-refractivity contribution < 1.29 is 0 Å². The first-order valence-electron chi connectivity index (χ1n) is 7.94. The summed E-state index contributed by atoms with van der Waals surface area (Å²) in [5.74, 6) is 0. The number of nitrogens with one attached hydrogen (secondary N) is 1. The third-order valence-corrected chi connectivity index (χ3v) is 3.74. The number of nitrogens with two attached hydrogens (primary N) is 1. The summed E-state index contributed by atoms with van der Waals surface area (Å²) in [4.78, 5) is 0. The van der Waals surface area contributed by atoms with Crippen molar-refractivity contribution in [2.45, 2.75) is 38.6 Å². The lowest BCUT2D eigenvalue weighted by atomic mass is 9.98. The summed E-state index contributed by atoms with van der Waals surface area (Å²) >= 11 is 0. The van der Waals surface area contributed by atoms with Gasteiger partial charge in [0.25, 0.3) is 0 Å². The number of hydrogen-bond acceptors (Lipinski definition) is 2. The Bertz CT molecular complexity index is 522. The predicted octanol–water partition coefficient (Wildman–Crippen LogP) is 4.53. The second-order valence-corrected chi connectivity index (χ2v) is 5.49. The average Bonchev–Trinajstić information content (AvgIpc) is 2.54. The highest BCUT2D eigenvalue weighted by Gasteiger charge is 2.11. The topological polar surface area (TPSA) is 38.0 Å². The molecule has 21 heavy (non-hydrogen) atoms. The minimum Gasteiger partial charge on any atom is -0.378 e. The van der Waals surface area contributed by atoms with E-state index in [2.05, 4.69) is 60.8 Å². The minimum atomic E-state index is 0.277. The van der Waals surface area contributed by atoms with Crippen LogP contribution in [0.5, 0.6) is 0 Å². The van der Waals surface area contributed by atoms with Gasteiger partial charge in [-0.05, 0) is 49.1 Å². The fourth-order valence-corrected chi connectivity index (χ4v) is 2.57. The first-order chi connectivity index (χ1) is 10.3. The predicted molar refractivity (Wildman–Crippen MR) is 91.5 cm³/mol. The standard InChI is InChI=1S/C19H26N2/c1-2-3-8-16-9-7-10-17(15-16)19(13-14-20)21-18-11-5-4-6-12-18/h4-7,9-12,15,19,21H,2-3,8,13-14,20H2,1H3. The van der Waals surface area contributed by atoms with Crippen LogP contribution in [-0.4, -0.2) is 6.54 Å². The molecule has 2 aromatic rings. The summed E-state index contributed by atoms with van der Waals surface area (Å²) in [6, 6.07) is 19.5. The maximum atomic E-state index is 5.80.